The van der Waals surface area contributed by atoms with Gasteiger partial charge in [0.15, 0.2) is 4.77 Å². The van der Waals surface area contributed by atoms with Gasteiger partial charge in [0, 0.05) is 24.5 Å². The SMILES string of the molecule is CC(CCCO)NC(=O)c1c[nH]c(=S)n1-c1ccccc1. The molecule has 1 aromatic carbocycles. The van der Waals surface area contributed by atoms with E-state index in [0.717, 1.165) is 12.1 Å². The number of rotatable bonds is 6. The van der Waals surface area contributed by atoms with E-state index in [4.69, 9.17) is 17.3 Å². The van der Waals surface area contributed by atoms with Gasteiger partial charge in [-0.2, -0.15) is 0 Å². The Kier molecular flexibility index (Phi) is 5.30. The van der Waals surface area contributed by atoms with Crippen molar-refractivity contribution in [2.75, 3.05) is 6.61 Å². The van der Waals surface area contributed by atoms with Gasteiger partial charge in [0.1, 0.15) is 5.69 Å². The van der Waals surface area contributed by atoms with Crippen molar-refractivity contribution in [1.29, 1.82) is 0 Å². The van der Waals surface area contributed by atoms with Gasteiger partial charge in [0.05, 0.1) is 0 Å². The second kappa shape index (κ2) is 7.19. The third-order valence-electron chi connectivity index (χ3n) is 3.20. The molecule has 2 aromatic rings. The van der Waals surface area contributed by atoms with E-state index in [2.05, 4.69) is 10.3 Å². The Labute approximate surface area is 128 Å². The zero-order chi connectivity index (χ0) is 15.2. The van der Waals surface area contributed by atoms with Crippen molar-refractivity contribution in [3.8, 4) is 5.69 Å². The summed E-state index contributed by atoms with van der Waals surface area (Å²) in [6.45, 7) is 2.05. The van der Waals surface area contributed by atoms with Crippen LogP contribution in [0.2, 0.25) is 0 Å². The molecular weight excluding hydrogens is 286 g/mol. The number of amides is 1. The number of nitrogens with one attached hydrogen (secondary N) is 2. The lowest BCUT2D eigenvalue weighted by molar-refractivity contribution is 0.0929. The van der Waals surface area contributed by atoms with Crippen molar-refractivity contribution >= 4 is 18.1 Å². The molecule has 5 nitrogen and oxygen atoms in total. The predicted octanol–water partition coefficient (Wildman–Crippen LogP) is 2.43. The zero-order valence-electron chi connectivity index (χ0n) is 11.9. The molecule has 1 amide bonds. The molecule has 6 heteroatoms. The second-order valence-electron chi connectivity index (χ2n) is 4.89. The van der Waals surface area contributed by atoms with Crippen molar-refractivity contribution in [2.45, 2.75) is 25.8 Å². The number of H-pyrrole nitrogens is 1. The van der Waals surface area contributed by atoms with Crippen LogP contribution >= 0.6 is 12.2 Å². The molecule has 0 radical (unpaired) electrons. The fourth-order valence-electron chi connectivity index (χ4n) is 2.14. The number of hydrogen-bond acceptors (Lipinski definition) is 3. The van der Waals surface area contributed by atoms with Crippen molar-refractivity contribution in [3.63, 3.8) is 0 Å². The Morgan fingerprint density at radius 3 is 2.81 bits per heavy atom. The van der Waals surface area contributed by atoms with Crippen LogP contribution < -0.4 is 5.32 Å². The highest BCUT2D eigenvalue weighted by Crippen LogP contribution is 2.12. The second-order valence-corrected chi connectivity index (χ2v) is 5.28. The smallest absolute Gasteiger partial charge is 0.270 e. The summed E-state index contributed by atoms with van der Waals surface area (Å²) in [6.07, 6.45) is 3.02. The number of carbonyl (C=O) groups excluding carboxylic acids is 1. The summed E-state index contributed by atoms with van der Waals surface area (Å²) in [7, 11) is 0. The van der Waals surface area contributed by atoms with Crippen molar-refractivity contribution in [3.05, 3.63) is 47.0 Å². The molecule has 112 valence electrons. The molecule has 0 fully saturated rings. The molecular formula is C15H19N3O2S. The van der Waals surface area contributed by atoms with Gasteiger partial charge < -0.3 is 15.4 Å². The number of aromatic nitrogens is 2. The fraction of sp³-hybridized carbons (Fsp3) is 0.333. The lowest BCUT2D eigenvalue weighted by Crippen LogP contribution is -2.33. The van der Waals surface area contributed by atoms with E-state index in [-0.39, 0.29) is 18.6 Å². The number of imidazole rings is 1. The Morgan fingerprint density at radius 2 is 2.14 bits per heavy atom. The number of hydrogen-bond donors (Lipinski definition) is 3. The molecule has 0 aliphatic carbocycles. The maximum absolute atomic E-state index is 12.4. The van der Waals surface area contributed by atoms with Crippen LogP contribution in [0.15, 0.2) is 36.5 Å². The van der Waals surface area contributed by atoms with Gasteiger partial charge in [-0.1, -0.05) is 18.2 Å². The Balaban J connectivity index is 2.21. The lowest BCUT2D eigenvalue weighted by Gasteiger charge is -2.14. The van der Waals surface area contributed by atoms with Crippen molar-refractivity contribution in [1.82, 2.24) is 14.9 Å². The molecule has 1 heterocycles. The van der Waals surface area contributed by atoms with E-state index in [1.807, 2.05) is 37.3 Å². The average Bonchev–Trinajstić information content (AvgIpc) is 2.88. The van der Waals surface area contributed by atoms with Crippen LogP contribution in [0.3, 0.4) is 0 Å². The van der Waals surface area contributed by atoms with Gasteiger partial charge in [-0.05, 0) is 44.1 Å². The van der Waals surface area contributed by atoms with Crippen LogP contribution in [-0.2, 0) is 0 Å². The number of aliphatic hydroxyl groups excluding tert-OH is 1. The van der Waals surface area contributed by atoms with Crippen LogP contribution in [-0.4, -0.2) is 33.2 Å². The summed E-state index contributed by atoms with van der Waals surface area (Å²) in [5.74, 6) is -0.184. The molecule has 0 bridgehead atoms. The van der Waals surface area contributed by atoms with Crippen LogP contribution in [0.25, 0.3) is 5.69 Å². The molecule has 3 N–H and O–H groups in total. The number of aromatic amines is 1. The maximum Gasteiger partial charge on any atom is 0.270 e. The molecule has 21 heavy (non-hydrogen) atoms. The minimum Gasteiger partial charge on any atom is -0.396 e. The van der Waals surface area contributed by atoms with Gasteiger partial charge >= 0.3 is 0 Å². The molecule has 0 saturated carbocycles. The highest BCUT2D eigenvalue weighted by Gasteiger charge is 2.16. The number of para-hydroxylation sites is 1. The van der Waals surface area contributed by atoms with Gasteiger partial charge in [-0.3, -0.25) is 9.36 Å². The normalized spacial score (nSPS) is 12.1. The van der Waals surface area contributed by atoms with Gasteiger partial charge in [0.2, 0.25) is 0 Å². The summed E-state index contributed by atoms with van der Waals surface area (Å²) in [4.78, 5) is 15.3. The zero-order valence-corrected chi connectivity index (χ0v) is 12.7. The molecule has 0 saturated heterocycles. The highest BCUT2D eigenvalue weighted by atomic mass is 32.1. The van der Waals surface area contributed by atoms with Crippen LogP contribution in [0.1, 0.15) is 30.3 Å². The first-order valence-electron chi connectivity index (χ1n) is 6.91. The number of nitrogens with zero attached hydrogens (tertiary/aromatic N) is 1. The van der Waals surface area contributed by atoms with Crippen LogP contribution in [0.5, 0.6) is 0 Å². The number of benzene rings is 1. The quantitative estimate of drug-likeness (QED) is 0.718. The lowest BCUT2D eigenvalue weighted by atomic mass is 10.2. The van der Waals surface area contributed by atoms with Crippen molar-refractivity contribution < 1.29 is 9.90 Å². The molecule has 0 aliphatic rings. The van der Waals surface area contributed by atoms with E-state index in [1.165, 1.54) is 0 Å². The Hall–Kier alpha value is -1.92. The van der Waals surface area contributed by atoms with Crippen LogP contribution in [0, 0.1) is 4.77 Å². The number of carbonyl (C=O) groups is 1. The van der Waals surface area contributed by atoms with E-state index in [1.54, 1.807) is 10.8 Å². The molecule has 1 aromatic heterocycles. The monoisotopic (exact) mass is 305 g/mol. The van der Waals surface area contributed by atoms with Gasteiger partial charge in [-0.15, -0.1) is 0 Å². The first kappa shape index (κ1) is 15.5. The molecule has 0 spiro atoms. The minimum atomic E-state index is -0.184. The van der Waals surface area contributed by atoms with Gasteiger partial charge in [0.25, 0.3) is 5.91 Å². The molecule has 1 atom stereocenters. The Bertz CT molecular complexity index is 648. The largest absolute Gasteiger partial charge is 0.396 e. The minimum absolute atomic E-state index is 0.00246. The first-order chi connectivity index (χ1) is 10.1. The van der Waals surface area contributed by atoms with E-state index >= 15 is 0 Å². The van der Waals surface area contributed by atoms with Gasteiger partial charge in [-0.25, -0.2) is 0 Å². The summed E-state index contributed by atoms with van der Waals surface area (Å²) in [6, 6.07) is 9.50. The topological polar surface area (TPSA) is 70.1 Å². The summed E-state index contributed by atoms with van der Waals surface area (Å²) >= 11 is 5.25. The Morgan fingerprint density at radius 1 is 1.43 bits per heavy atom. The first-order valence-corrected chi connectivity index (χ1v) is 7.32. The van der Waals surface area contributed by atoms with E-state index < -0.39 is 0 Å². The van der Waals surface area contributed by atoms with Crippen LogP contribution in [0.4, 0.5) is 0 Å². The predicted molar refractivity (Wildman–Crippen MR) is 84.2 cm³/mol. The maximum atomic E-state index is 12.4. The highest BCUT2D eigenvalue weighted by molar-refractivity contribution is 7.71. The third-order valence-corrected chi connectivity index (χ3v) is 3.50. The molecule has 1 unspecified atom stereocenters. The van der Waals surface area contributed by atoms with Crippen molar-refractivity contribution in [2.24, 2.45) is 0 Å². The summed E-state index contributed by atoms with van der Waals surface area (Å²) in [5.41, 5.74) is 1.32. The average molecular weight is 305 g/mol. The van der Waals surface area contributed by atoms with E-state index in [0.29, 0.717) is 16.9 Å². The number of aliphatic hydroxyl groups is 1. The summed E-state index contributed by atoms with van der Waals surface area (Å²) in [5, 5.41) is 11.7. The molecule has 0 aliphatic heterocycles. The molecule has 2 rings (SSSR count). The standard InChI is InChI=1S/C15H19N3O2S/c1-11(6-5-9-19)17-14(20)13-10-16-15(21)18(13)12-7-3-2-4-8-12/h2-4,7-8,10-11,19H,5-6,9H2,1H3,(H,16,21)(H,17,20). The van der Waals surface area contributed by atoms with E-state index in [9.17, 15) is 4.79 Å². The summed E-state index contributed by atoms with van der Waals surface area (Å²) < 4.78 is 2.19. The third kappa shape index (κ3) is 3.80. The fourth-order valence-corrected chi connectivity index (χ4v) is 2.40.